The molecule has 3 aromatic rings. The highest BCUT2D eigenvalue weighted by Crippen LogP contribution is 2.37. The summed E-state index contributed by atoms with van der Waals surface area (Å²) in [6.45, 7) is 7.42. The van der Waals surface area contributed by atoms with Crippen LogP contribution in [0.15, 0.2) is 59.7 Å². The summed E-state index contributed by atoms with van der Waals surface area (Å²) in [4.78, 5) is 13.1. The molecule has 0 N–H and O–H groups in total. The maximum absolute atomic E-state index is 14.4. The number of carbonyl (C=O) groups excluding carboxylic acids is 1. The molecule has 0 saturated heterocycles. The van der Waals surface area contributed by atoms with Crippen molar-refractivity contribution in [1.29, 1.82) is 0 Å². The van der Waals surface area contributed by atoms with Crippen molar-refractivity contribution in [2.75, 3.05) is 11.6 Å². The summed E-state index contributed by atoms with van der Waals surface area (Å²) in [5.41, 5.74) is 0.386. The third-order valence-electron chi connectivity index (χ3n) is 5.89. The molecule has 3 aromatic carbocycles. The molecule has 0 saturated carbocycles. The largest absolute Gasteiger partial charge is 0.490 e. The van der Waals surface area contributed by atoms with Crippen LogP contribution in [0.2, 0.25) is 5.02 Å². The second kappa shape index (κ2) is 11.9. The number of hydrazone groups is 1. The van der Waals surface area contributed by atoms with Gasteiger partial charge in [-0.2, -0.15) is 10.1 Å². The Bertz CT molecular complexity index is 1530. The van der Waals surface area contributed by atoms with Crippen LogP contribution in [0.3, 0.4) is 0 Å². The lowest BCUT2D eigenvalue weighted by molar-refractivity contribution is -0.114. The van der Waals surface area contributed by atoms with E-state index < -0.39 is 40.7 Å². The lowest BCUT2D eigenvalue weighted by Gasteiger charge is -2.17. The molecule has 0 atom stereocenters. The molecule has 1 aliphatic heterocycles. The minimum atomic E-state index is -2.33. The first-order chi connectivity index (χ1) is 19.1. The van der Waals surface area contributed by atoms with Gasteiger partial charge in [0.1, 0.15) is 12.3 Å². The van der Waals surface area contributed by atoms with Crippen molar-refractivity contribution >= 4 is 35.0 Å². The van der Waals surface area contributed by atoms with Crippen LogP contribution in [0.25, 0.3) is 6.08 Å². The maximum atomic E-state index is 14.4. The van der Waals surface area contributed by atoms with Crippen molar-refractivity contribution in [3.8, 4) is 11.5 Å². The van der Waals surface area contributed by atoms with Crippen molar-refractivity contribution in [3.63, 3.8) is 0 Å². The summed E-state index contributed by atoms with van der Waals surface area (Å²) in [6.07, 6.45) is 3.39. The number of amides is 1. The molecule has 0 radical (unpaired) electrons. The third-order valence-corrected chi connectivity index (χ3v) is 6.14. The van der Waals surface area contributed by atoms with Gasteiger partial charge in [0.05, 0.1) is 17.9 Å². The van der Waals surface area contributed by atoms with E-state index in [1.165, 1.54) is 13.0 Å². The zero-order valence-electron chi connectivity index (χ0n) is 21.3. The smallest absolute Gasteiger partial charge is 0.280 e. The van der Waals surface area contributed by atoms with Crippen LogP contribution in [0.5, 0.6) is 11.5 Å². The number of benzene rings is 3. The van der Waals surface area contributed by atoms with Gasteiger partial charge in [0.25, 0.3) is 5.91 Å². The summed E-state index contributed by atoms with van der Waals surface area (Å²) < 4.78 is 81.7. The molecule has 0 bridgehead atoms. The standard InChI is InChI=1S/C29H22ClF5N2O3/c1-4-6-18-11-17(13-21(39-5-2)28(18)40-14-16-7-9-19(30)10-8-16)12-20-15(3)36-37(29(20)38)27-25(34)23(32)22(31)24(33)26(27)35/h4,7-13H,1,5-6,14H2,2-3H3/b20-12+. The summed E-state index contributed by atoms with van der Waals surface area (Å²) in [5.74, 6) is -11.3. The van der Waals surface area contributed by atoms with Gasteiger partial charge in [0.2, 0.25) is 5.82 Å². The molecular weight excluding hydrogens is 555 g/mol. The fraction of sp³-hybridized carbons (Fsp3) is 0.172. The Balaban J connectivity index is 1.72. The quantitative estimate of drug-likeness (QED) is 0.0869. The van der Waals surface area contributed by atoms with Crippen molar-refractivity contribution in [1.82, 2.24) is 0 Å². The molecule has 11 heteroatoms. The molecule has 0 fully saturated rings. The highest BCUT2D eigenvalue weighted by atomic mass is 35.5. The zero-order chi connectivity index (χ0) is 29.1. The van der Waals surface area contributed by atoms with Crippen molar-refractivity contribution in [2.24, 2.45) is 5.10 Å². The molecule has 0 unspecified atom stereocenters. The van der Waals surface area contributed by atoms with Crippen molar-refractivity contribution < 1.29 is 36.2 Å². The van der Waals surface area contributed by atoms with Gasteiger partial charge in [-0.1, -0.05) is 29.8 Å². The van der Waals surface area contributed by atoms with Gasteiger partial charge in [0, 0.05) is 10.6 Å². The Morgan fingerprint density at radius 1 is 0.975 bits per heavy atom. The van der Waals surface area contributed by atoms with E-state index >= 15 is 0 Å². The van der Waals surface area contributed by atoms with Gasteiger partial charge < -0.3 is 9.47 Å². The number of hydrogen-bond acceptors (Lipinski definition) is 4. The molecule has 0 spiro atoms. The van der Waals surface area contributed by atoms with E-state index in [-0.39, 0.29) is 29.5 Å². The molecule has 0 aromatic heterocycles. The van der Waals surface area contributed by atoms with Crippen LogP contribution in [0, 0.1) is 29.1 Å². The average Bonchev–Trinajstić information content (AvgIpc) is 3.20. The molecule has 1 amide bonds. The molecular formula is C29H22ClF5N2O3. The number of allylic oxidation sites excluding steroid dienone is 1. The van der Waals surface area contributed by atoms with E-state index in [0.717, 1.165) is 5.56 Å². The first-order valence-corrected chi connectivity index (χ1v) is 12.4. The van der Waals surface area contributed by atoms with Crippen LogP contribution >= 0.6 is 11.6 Å². The van der Waals surface area contributed by atoms with E-state index in [0.29, 0.717) is 34.1 Å². The molecule has 4 rings (SSSR count). The third kappa shape index (κ3) is 5.58. The van der Waals surface area contributed by atoms with Gasteiger partial charge >= 0.3 is 0 Å². The second-order valence-corrected chi connectivity index (χ2v) is 9.06. The van der Waals surface area contributed by atoms with Gasteiger partial charge in [-0.3, -0.25) is 4.79 Å². The highest BCUT2D eigenvalue weighted by molar-refractivity contribution is 6.32. The second-order valence-electron chi connectivity index (χ2n) is 8.63. The van der Waals surface area contributed by atoms with Gasteiger partial charge in [0.15, 0.2) is 34.8 Å². The van der Waals surface area contributed by atoms with E-state index in [4.69, 9.17) is 21.1 Å². The summed E-state index contributed by atoms with van der Waals surface area (Å²) in [5, 5.41) is 4.52. The number of ether oxygens (including phenoxy) is 2. The van der Waals surface area contributed by atoms with E-state index in [1.54, 1.807) is 37.3 Å². The molecule has 1 aliphatic rings. The molecule has 40 heavy (non-hydrogen) atoms. The van der Waals surface area contributed by atoms with E-state index in [2.05, 4.69) is 11.7 Å². The highest BCUT2D eigenvalue weighted by Gasteiger charge is 2.37. The lowest BCUT2D eigenvalue weighted by Crippen LogP contribution is -2.25. The number of carbonyl (C=O) groups is 1. The molecule has 1 heterocycles. The number of rotatable bonds is 9. The Hall–Kier alpha value is -4.18. The Labute approximate surface area is 231 Å². The van der Waals surface area contributed by atoms with Gasteiger partial charge in [-0.15, -0.1) is 6.58 Å². The van der Waals surface area contributed by atoms with Crippen LogP contribution in [0.1, 0.15) is 30.5 Å². The predicted octanol–water partition coefficient (Wildman–Crippen LogP) is 7.55. The summed E-state index contributed by atoms with van der Waals surface area (Å²) in [6, 6.07) is 10.4. The van der Waals surface area contributed by atoms with E-state index in [1.807, 2.05) is 12.1 Å². The monoisotopic (exact) mass is 576 g/mol. The molecule has 0 aliphatic carbocycles. The van der Waals surface area contributed by atoms with Crippen LogP contribution < -0.4 is 14.5 Å². The SMILES string of the molecule is C=CCc1cc(/C=C2/C(=O)N(c3c(F)c(F)c(F)c(F)c3F)N=C2C)cc(OCC)c1OCc1ccc(Cl)cc1. The Kier molecular flexibility index (Phi) is 8.58. The minimum absolute atomic E-state index is 0.000219. The lowest BCUT2D eigenvalue weighted by atomic mass is 10.0. The van der Waals surface area contributed by atoms with Crippen LogP contribution in [-0.4, -0.2) is 18.2 Å². The number of nitrogens with zero attached hydrogens (tertiary/aromatic N) is 2. The normalized spacial score (nSPS) is 14.1. The van der Waals surface area contributed by atoms with Crippen LogP contribution in [0.4, 0.5) is 27.6 Å². The number of halogens is 6. The van der Waals surface area contributed by atoms with Gasteiger partial charge in [-0.25, -0.2) is 22.0 Å². The van der Waals surface area contributed by atoms with Crippen LogP contribution in [-0.2, 0) is 17.8 Å². The summed E-state index contributed by atoms with van der Waals surface area (Å²) in [7, 11) is 0. The van der Waals surface area contributed by atoms with Crippen molar-refractivity contribution in [3.05, 3.63) is 105 Å². The average molecular weight is 577 g/mol. The predicted molar refractivity (Wildman–Crippen MR) is 142 cm³/mol. The first-order valence-electron chi connectivity index (χ1n) is 12.0. The number of anilines is 1. The zero-order valence-corrected chi connectivity index (χ0v) is 22.1. The minimum Gasteiger partial charge on any atom is -0.490 e. The molecule has 208 valence electrons. The van der Waals surface area contributed by atoms with Gasteiger partial charge in [-0.05, 0) is 61.7 Å². The number of hydrogen-bond donors (Lipinski definition) is 0. The Morgan fingerprint density at radius 2 is 1.60 bits per heavy atom. The first kappa shape index (κ1) is 28.8. The fourth-order valence-corrected chi connectivity index (χ4v) is 4.14. The maximum Gasteiger partial charge on any atom is 0.280 e. The topological polar surface area (TPSA) is 51.1 Å². The van der Waals surface area contributed by atoms with Crippen molar-refractivity contribution in [2.45, 2.75) is 26.9 Å². The van der Waals surface area contributed by atoms with E-state index in [9.17, 15) is 26.7 Å². The Morgan fingerprint density at radius 3 is 2.20 bits per heavy atom. The molecule has 5 nitrogen and oxygen atoms in total. The fourth-order valence-electron chi connectivity index (χ4n) is 4.02. The summed E-state index contributed by atoms with van der Waals surface area (Å²) >= 11 is 5.95.